The van der Waals surface area contributed by atoms with Crippen LogP contribution in [0.5, 0.6) is 0 Å². The minimum atomic E-state index is -1.22. The molecule has 3 fully saturated rings. The first-order chi connectivity index (χ1) is 18.8. The molecule has 2 saturated heterocycles. The topological polar surface area (TPSA) is 113 Å². The van der Waals surface area contributed by atoms with Gasteiger partial charge < -0.3 is 19.9 Å². The van der Waals surface area contributed by atoms with Gasteiger partial charge in [-0.15, -0.1) is 11.3 Å². The standard InChI is InChI=1S/C26H25ClF2N4O5S/c1-2-38-25(36)19-15(9-33-16-7-12(8-18(34)35)26(16)11-37-10-17(26)33)31-23(24-30-5-6-39-24)32-22(19)13-3-4-14(28)21(29)20(13)27/h3-6,12,16-17,22H,2,7-11H2,1H3,(H,31,32)(H,34,35)/t12?,16?,17?,22-,26?/m0/s1. The average Bonchev–Trinajstić information content (AvgIpc) is 3.59. The number of nitrogens with one attached hydrogen (secondary N) is 1. The zero-order valence-electron chi connectivity index (χ0n) is 20.8. The molecule has 4 unspecified atom stereocenters. The lowest BCUT2D eigenvalue weighted by molar-refractivity contribution is -0.222. The van der Waals surface area contributed by atoms with Crippen molar-refractivity contribution >= 4 is 40.7 Å². The summed E-state index contributed by atoms with van der Waals surface area (Å²) in [5.41, 5.74) is 0.538. The molecule has 1 saturated carbocycles. The molecule has 2 aromatic rings. The molecule has 4 heterocycles. The molecule has 3 aliphatic heterocycles. The number of carboxylic acid groups (broad SMARTS) is 1. The van der Waals surface area contributed by atoms with Crippen molar-refractivity contribution in [2.45, 2.75) is 37.9 Å². The van der Waals surface area contributed by atoms with Crippen molar-refractivity contribution in [3.63, 3.8) is 0 Å². The van der Waals surface area contributed by atoms with Gasteiger partial charge >= 0.3 is 11.9 Å². The number of likely N-dealkylation sites (tertiary alicyclic amines) is 1. The second kappa shape index (κ2) is 9.92. The van der Waals surface area contributed by atoms with E-state index in [2.05, 4.69) is 20.2 Å². The molecule has 1 aliphatic carbocycles. The predicted octanol–water partition coefficient (Wildman–Crippen LogP) is 3.55. The first-order valence-electron chi connectivity index (χ1n) is 12.6. The summed E-state index contributed by atoms with van der Waals surface area (Å²) in [6.07, 6.45) is 2.42. The number of carbonyl (C=O) groups excluding carboxylic acids is 1. The third-order valence-corrected chi connectivity index (χ3v) is 9.48. The van der Waals surface area contributed by atoms with Crippen molar-refractivity contribution in [3.8, 4) is 0 Å². The molecule has 1 aromatic carbocycles. The molecule has 13 heteroatoms. The van der Waals surface area contributed by atoms with Crippen LogP contribution in [0.2, 0.25) is 5.02 Å². The van der Waals surface area contributed by atoms with Crippen LogP contribution >= 0.6 is 22.9 Å². The van der Waals surface area contributed by atoms with Gasteiger partial charge in [-0.2, -0.15) is 0 Å². The number of aliphatic carboxylic acids is 1. The Morgan fingerprint density at radius 1 is 1.36 bits per heavy atom. The summed E-state index contributed by atoms with van der Waals surface area (Å²) >= 11 is 7.59. The Morgan fingerprint density at radius 2 is 2.18 bits per heavy atom. The van der Waals surface area contributed by atoms with E-state index in [1.165, 1.54) is 17.4 Å². The summed E-state index contributed by atoms with van der Waals surface area (Å²) in [4.78, 5) is 36.0. The first kappa shape index (κ1) is 26.3. The zero-order valence-corrected chi connectivity index (χ0v) is 22.4. The molecule has 0 bridgehead atoms. The van der Waals surface area contributed by atoms with Gasteiger partial charge in [0.15, 0.2) is 22.5 Å². The van der Waals surface area contributed by atoms with Crippen LogP contribution in [0.3, 0.4) is 0 Å². The number of thiazole rings is 1. The number of hydrogen-bond acceptors (Lipinski definition) is 9. The lowest BCUT2D eigenvalue weighted by Gasteiger charge is -2.71. The highest BCUT2D eigenvalue weighted by atomic mass is 35.5. The number of aliphatic imine (C=N–C) groups is 1. The van der Waals surface area contributed by atoms with E-state index < -0.39 is 34.6 Å². The molecule has 39 heavy (non-hydrogen) atoms. The second-order valence-corrected chi connectivity index (χ2v) is 11.4. The van der Waals surface area contributed by atoms with E-state index in [0.29, 0.717) is 36.2 Å². The van der Waals surface area contributed by atoms with E-state index in [1.807, 2.05) is 0 Å². The lowest BCUT2D eigenvalue weighted by atomic mass is 9.46. The Bertz CT molecular complexity index is 1400. The summed E-state index contributed by atoms with van der Waals surface area (Å²) in [6.45, 7) is 3.03. The summed E-state index contributed by atoms with van der Waals surface area (Å²) in [5.74, 6) is -3.41. The van der Waals surface area contributed by atoms with Crippen LogP contribution in [0, 0.1) is 23.0 Å². The number of rotatable bonds is 8. The van der Waals surface area contributed by atoms with Crippen LogP contribution in [0.1, 0.15) is 36.4 Å². The van der Waals surface area contributed by atoms with E-state index >= 15 is 0 Å². The number of esters is 1. The van der Waals surface area contributed by atoms with Crippen LogP contribution < -0.4 is 5.32 Å². The fraction of sp³-hybridized carbons (Fsp3) is 0.462. The SMILES string of the molecule is CCOC(=O)C1=C(CN2C3COCC34C(CC(=O)O)CC24)NC(c2nccs2)=N[C@H]1c1ccc(F)c(F)c1Cl. The van der Waals surface area contributed by atoms with Gasteiger partial charge in [0.1, 0.15) is 6.04 Å². The molecule has 2 N–H and O–H groups in total. The first-order valence-corrected chi connectivity index (χ1v) is 13.9. The summed E-state index contributed by atoms with van der Waals surface area (Å²) in [5, 5.41) is 14.5. The number of hydrogen-bond donors (Lipinski definition) is 2. The number of nitrogens with zero attached hydrogens (tertiary/aromatic N) is 3. The van der Waals surface area contributed by atoms with Gasteiger partial charge in [-0.25, -0.2) is 18.6 Å². The maximum Gasteiger partial charge on any atom is 0.338 e. The van der Waals surface area contributed by atoms with E-state index in [-0.39, 0.29) is 54.1 Å². The van der Waals surface area contributed by atoms with E-state index in [1.54, 1.807) is 18.5 Å². The molecule has 0 amide bonds. The highest BCUT2D eigenvalue weighted by Crippen LogP contribution is 2.65. The number of amidine groups is 1. The summed E-state index contributed by atoms with van der Waals surface area (Å²) in [7, 11) is 0. The Hall–Kier alpha value is -2.93. The predicted molar refractivity (Wildman–Crippen MR) is 137 cm³/mol. The highest BCUT2D eigenvalue weighted by Gasteiger charge is 2.73. The fourth-order valence-electron chi connectivity index (χ4n) is 6.59. The number of carbonyl (C=O) groups is 2. The number of carboxylic acids is 1. The average molecular weight is 579 g/mol. The van der Waals surface area contributed by atoms with Gasteiger partial charge in [-0.05, 0) is 25.3 Å². The van der Waals surface area contributed by atoms with Crippen molar-refractivity contribution in [2.24, 2.45) is 16.3 Å². The van der Waals surface area contributed by atoms with Crippen LogP contribution in [0.25, 0.3) is 0 Å². The number of halogens is 3. The largest absolute Gasteiger partial charge is 0.481 e. The maximum absolute atomic E-state index is 14.6. The molecule has 9 nitrogen and oxygen atoms in total. The molecule has 206 valence electrons. The number of aromatic nitrogens is 1. The quantitative estimate of drug-likeness (QED) is 0.361. The van der Waals surface area contributed by atoms with Gasteiger partial charge in [0, 0.05) is 53.3 Å². The summed E-state index contributed by atoms with van der Waals surface area (Å²) < 4.78 is 39.7. The Labute approximate surface area is 231 Å². The highest BCUT2D eigenvalue weighted by molar-refractivity contribution is 7.11. The third-order valence-electron chi connectivity index (χ3n) is 8.31. The van der Waals surface area contributed by atoms with Crippen LogP contribution in [0.4, 0.5) is 8.78 Å². The normalized spacial score (nSPS) is 29.5. The van der Waals surface area contributed by atoms with Crippen molar-refractivity contribution < 1.29 is 33.0 Å². The van der Waals surface area contributed by atoms with E-state index in [4.69, 9.17) is 21.1 Å². The molecule has 1 spiro atoms. The number of benzene rings is 1. The van der Waals surface area contributed by atoms with Crippen molar-refractivity contribution in [3.05, 3.63) is 62.2 Å². The number of piperidine rings is 1. The van der Waals surface area contributed by atoms with Gasteiger partial charge in [0.25, 0.3) is 0 Å². The molecular weight excluding hydrogens is 554 g/mol. The molecular formula is C26H25ClF2N4O5S. The van der Waals surface area contributed by atoms with Crippen molar-refractivity contribution in [1.29, 1.82) is 0 Å². The number of ether oxygens (including phenoxy) is 2. The van der Waals surface area contributed by atoms with Gasteiger partial charge in [-0.1, -0.05) is 17.7 Å². The van der Waals surface area contributed by atoms with Crippen LogP contribution in [-0.4, -0.2) is 71.2 Å². The summed E-state index contributed by atoms with van der Waals surface area (Å²) in [6, 6.07) is 1.29. The van der Waals surface area contributed by atoms with E-state index in [0.717, 1.165) is 6.07 Å². The molecule has 6 rings (SSSR count). The van der Waals surface area contributed by atoms with Crippen molar-refractivity contribution in [2.75, 3.05) is 26.4 Å². The fourth-order valence-corrected chi connectivity index (χ4v) is 7.44. The smallest absolute Gasteiger partial charge is 0.338 e. The molecule has 1 aromatic heterocycles. The van der Waals surface area contributed by atoms with Gasteiger partial charge in [0.2, 0.25) is 0 Å². The second-order valence-electron chi connectivity index (χ2n) is 10.1. The van der Waals surface area contributed by atoms with Gasteiger partial charge in [-0.3, -0.25) is 14.7 Å². The molecule has 5 atom stereocenters. The minimum absolute atomic E-state index is 0.00849. The van der Waals surface area contributed by atoms with Crippen LogP contribution in [-0.2, 0) is 19.1 Å². The van der Waals surface area contributed by atoms with Gasteiger partial charge in [0.05, 0.1) is 30.4 Å². The molecule has 4 aliphatic rings. The van der Waals surface area contributed by atoms with Crippen LogP contribution in [0.15, 0.2) is 40.0 Å². The Balaban J connectivity index is 1.41. The Kier molecular flexibility index (Phi) is 6.69. The third kappa shape index (κ3) is 4.07. The maximum atomic E-state index is 14.6. The monoisotopic (exact) mass is 578 g/mol. The lowest BCUT2D eigenvalue weighted by Crippen LogP contribution is -2.80. The minimum Gasteiger partial charge on any atom is -0.481 e. The zero-order chi connectivity index (χ0) is 27.5. The Morgan fingerprint density at radius 3 is 2.90 bits per heavy atom. The van der Waals surface area contributed by atoms with Crippen molar-refractivity contribution in [1.82, 2.24) is 15.2 Å². The van der Waals surface area contributed by atoms with E-state index in [9.17, 15) is 23.5 Å². The molecule has 0 radical (unpaired) electrons.